The van der Waals surface area contributed by atoms with Gasteiger partial charge in [0.2, 0.25) is 11.8 Å². The van der Waals surface area contributed by atoms with Gasteiger partial charge in [0, 0.05) is 18.7 Å². The molecule has 2 aliphatic heterocycles. The summed E-state index contributed by atoms with van der Waals surface area (Å²) in [5.74, 6) is -0.677. The van der Waals surface area contributed by atoms with E-state index in [9.17, 15) is 29.7 Å². The minimum absolute atomic E-state index is 0.0657. The fourth-order valence-corrected chi connectivity index (χ4v) is 5.52. The minimum Gasteiger partial charge on any atom is -0.484 e. The van der Waals surface area contributed by atoms with Crippen LogP contribution in [0.15, 0.2) is 102 Å². The maximum absolute atomic E-state index is 12.4. The number of amides is 2. The van der Waals surface area contributed by atoms with Crippen molar-refractivity contribution in [3.63, 3.8) is 0 Å². The second-order valence-electron chi connectivity index (χ2n) is 11.7. The summed E-state index contributed by atoms with van der Waals surface area (Å²) in [5, 5.41) is 26.5. The Kier molecular flexibility index (Phi) is 13.0. The Balaban J connectivity index is 0.000000228. The first-order chi connectivity index (χ1) is 26.2. The summed E-state index contributed by atoms with van der Waals surface area (Å²) in [4.78, 5) is 46.3. The Labute approximate surface area is 313 Å². The minimum atomic E-state index is -0.731. The predicted octanol–water partition coefficient (Wildman–Crippen LogP) is 2.06. The summed E-state index contributed by atoms with van der Waals surface area (Å²) in [6.07, 6.45) is 0. The third kappa shape index (κ3) is 9.49. The maximum Gasteiger partial charge on any atom is 0.343 e. The molecule has 0 radical (unpaired) electrons. The van der Waals surface area contributed by atoms with E-state index in [0.29, 0.717) is 34.1 Å². The van der Waals surface area contributed by atoms with Gasteiger partial charge < -0.3 is 55.8 Å². The van der Waals surface area contributed by atoms with Crippen LogP contribution >= 0.6 is 0 Å². The van der Waals surface area contributed by atoms with Gasteiger partial charge in [-0.05, 0) is 56.2 Å². The van der Waals surface area contributed by atoms with Crippen molar-refractivity contribution in [2.45, 2.75) is 32.6 Å². The predicted molar refractivity (Wildman–Crippen MR) is 193 cm³/mol. The summed E-state index contributed by atoms with van der Waals surface area (Å²) in [6, 6.07) is 20.2. The van der Waals surface area contributed by atoms with Gasteiger partial charge in [-0.15, -0.1) is 0 Å². The van der Waals surface area contributed by atoms with Crippen LogP contribution in [0.3, 0.4) is 0 Å². The van der Waals surface area contributed by atoms with E-state index in [2.05, 4.69) is 0 Å². The van der Waals surface area contributed by atoms with Crippen molar-refractivity contribution in [2.75, 3.05) is 19.8 Å². The molecule has 6 rings (SSSR count). The average molecular weight is 753 g/mol. The molecule has 2 aliphatic rings. The summed E-state index contributed by atoms with van der Waals surface area (Å²) < 4.78 is 31.6. The van der Waals surface area contributed by atoms with Crippen molar-refractivity contribution in [1.82, 2.24) is 0 Å². The number of aliphatic hydroxyl groups excluding tert-OH is 1. The second kappa shape index (κ2) is 17.8. The van der Waals surface area contributed by atoms with Crippen LogP contribution < -0.4 is 53.1 Å². The first kappa shape index (κ1) is 40.3. The normalized spacial score (nSPS) is 15.1. The number of primary amides is 2. The molecule has 2 atom stereocenters. The van der Waals surface area contributed by atoms with Gasteiger partial charge in [0.15, 0.2) is 13.2 Å². The fraction of sp³-hybridized carbons (Fsp3) is 0.211. The summed E-state index contributed by atoms with van der Waals surface area (Å²) in [7, 11) is 0. The number of hydrogen-bond donors (Lipinski definition) is 5. The number of carbonyl (C=O) groups excluding carboxylic acids is 2. The van der Waals surface area contributed by atoms with Crippen molar-refractivity contribution in [1.29, 1.82) is 10.5 Å². The number of benzene rings is 2. The van der Waals surface area contributed by atoms with E-state index in [1.165, 1.54) is 0 Å². The third-order valence-corrected chi connectivity index (χ3v) is 7.70. The van der Waals surface area contributed by atoms with Crippen molar-refractivity contribution in [2.24, 2.45) is 22.9 Å². The Hall–Kier alpha value is -7.50. The van der Waals surface area contributed by atoms with E-state index in [1.54, 1.807) is 81.4 Å². The van der Waals surface area contributed by atoms with E-state index in [0.717, 1.165) is 0 Å². The van der Waals surface area contributed by atoms with Gasteiger partial charge in [-0.3, -0.25) is 9.59 Å². The van der Waals surface area contributed by atoms with Crippen molar-refractivity contribution in [3.8, 4) is 35.1 Å². The number of ether oxygens (including phenoxy) is 4. The van der Waals surface area contributed by atoms with Crippen LogP contribution in [0.5, 0.6) is 23.0 Å². The summed E-state index contributed by atoms with van der Waals surface area (Å²) in [5.41, 5.74) is 22.5. The van der Waals surface area contributed by atoms with Crippen LogP contribution in [0.4, 0.5) is 0 Å². The highest BCUT2D eigenvalue weighted by molar-refractivity contribution is 5.75. The lowest BCUT2D eigenvalue weighted by atomic mass is 9.84. The quantitative estimate of drug-likeness (QED) is 0.172. The average Bonchev–Trinajstić information content (AvgIpc) is 3.13. The molecule has 9 N–H and O–H groups in total. The molecule has 17 heteroatoms. The van der Waals surface area contributed by atoms with E-state index >= 15 is 0 Å². The fourth-order valence-electron chi connectivity index (χ4n) is 5.52. The molecule has 0 aliphatic carbocycles. The molecule has 4 aromatic rings. The van der Waals surface area contributed by atoms with Crippen LogP contribution in [-0.2, 0) is 9.59 Å². The molecule has 2 amide bonds. The zero-order valence-corrected chi connectivity index (χ0v) is 29.8. The summed E-state index contributed by atoms with van der Waals surface area (Å²) >= 11 is 0. The third-order valence-electron chi connectivity index (χ3n) is 7.70. The number of fused-ring (bicyclic) bond motifs is 2. The lowest BCUT2D eigenvalue weighted by molar-refractivity contribution is -0.120. The Morgan fingerprint density at radius 2 is 1.04 bits per heavy atom. The van der Waals surface area contributed by atoms with Crippen molar-refractivity contribution < 1.29 is 42.5 Å². The highest BCUT2D eigenvalue weighted by Crippen LogP contribution is 2.42. The molecule has 55 heavy (non-hydrogen) atoms. The number of allylic oxidation sites excluding steroid dienone is 2. The number of aliphatic hydroxyl groups is 1. The van der Waals surface area contributed by atoms with Crippen molar-refractivity contribution in [3.05, 3.63) is 138 Å². The molecule has 17 nitrogen and oxygen atoms in total. The highest BCUT2D eigenvalue weighted by Gasteiger charge is 2.35. The lowest BCUT2D eigenvalue weighted by Gasteiger charge is -2.25. The van der Waals surface area contributed by atoms with Gasteiger partial charge in [-0.25, -0.2) is 9.59 Å². The number of aryl methyl sites for hydroxylation is 2. The van der Waals surface area contributed by atoms with E-state index in [-0.39, 0.29) is 65.4 Å². The number of nitriles is 2. The number of carbonyl (C=O) groups is 2. The molecular formula is C38H36N6O11. The molecule has 0 bridgehead atoms. The van der Waals surface area contributed by atoms with Gasteiger partial charge in [0.25, 0.3) is 11.8 Å². The molecule has 2 aromatic carbocycles. The van der Waals surface area contributed by atoms with Gasteiger partial charge in [0.05, 0.1) is 23.0 Å². The molecule has 0 fully saturated rings. The van der Waals surface area contributed by atoms with E-state index in [1.807, 2.05) is 12.1 Å². The first-order valence-corrected chi connectivity index (χ1v) is 16.3. The molecule has 4 heterocycles. The lowest BCUT2D eigenvalue weighted by Crippen LogP contribution is -2.26. The van der Waals surface area contributed by atoms with Gasteiger partial charge >= 0.3 is 11.3 Å². The Morgan fingerprint density at radius 3 is 1.33 bits per heavy atom. The molecule has 2 unspecified atom stereocenters. The van der Waals surface area contributed by atoms with Gasteiger partial charge in [-0.1, -0.05) is 24.3 Å². The summed E-state index contributed by atoms with van der Waals surface area (Å²) in [6.45, 7) is 4.66. The van der Waals surface area contributed by atoms with E-state index < -0.39 is 34.9 Å². The second-order valence-corrected chi connectivity index (χ2v) is 11.7. The number of nitrogens with zero attached hydrogens (tertiary/aromatic N) is 2. The SMILES string of the molecule is CCO.Cc1cc2c(c(=O)o1)C(c1ccc(OCC(N)=O)cc1)C(C#N)=C(N)O2.Cc1cc2c(c(=O)o1)C(c1ccc(OCC(N)=O)cc1)C(C#N)=C(N)O2. The highest BCUT2D eigenvalue weighted by atomic mass is 16.5. The van der Waals surface area contributed by atoms with Crippen LogP contribution in [0.2, 0.25) is 0 Å². The molecule has 0 saturated heterocycles. The van der Waals surface area contributed by atoms with Gasteiger partial charge in [0.1, 0.15) is 57.8 Å². The standard InChI is InChI=1S/2C18H15N3O5.C2H6O/c2*1-9-6-13-16(18(23)25-9)15(12(7-19)17(21)26-13)10-2-4-11(5-3-10)24-8-14(20)22;1-2-3/h2*2-6,15H,8,21H2,1H3,(H2,20,22);3H,2H2,1H3. The molecule has 2 aromatic heterocycles. The first-order valence-electron chi connectivity index (χ1n) is 16.3. The molecule has 0 saturated carbocycles. The zero-order chi connectivity index (χ0) is 40.4. The molecule has 284 valence electrons. The van der Waals surface area contributed by atoms with E-state index in [4.69, 9.17) is 55.8 Å². The van der Waals surface area contributed by atoms with Crippen LogP contribution in [0.1, 0.15) is 52.5 Å². The molecule has 0 spiro atoms. The number of nitrogens with two attached hydrogens (primary N) is 4. The van der Waals surface area contributed by atoms with Crippen LogP contribution in [0.25, 0.3) is 0 Å². The van der Waals surface area contributed by atoms with Crippen LogP contribution in [-0.4, -0.2) is 36.7 Å². The Morgan fingerprint density at radius 1 is 0.709 bits per heavy atom. The monoisotopic (exact) mass is 752 g/mol. The number of rotatable bonds is 8. The zero-order valence-electron chi connectivity index (χ0n) is 29.8. The topological polar surface area (TPSA) is 303 Å². The van der Waals surface area contributed by atoms with Crippen molar-refractivity contribution >= 4 is 11.8 Å². The largest absolute Gasteiger partial charge is 0.484 e. The molecular weight excluding hydrogens is 716 g/mol. The Bertz CT molecular complexity index is 2180. The number of hydrogen-bond acceptors (Lipinski definition) is 15. The maximum atomic E-state index is 12.4. The van der Waals surface area contributed by atoms with Gasteiger partial charge in [-0.2, -0.15) is 10.5 Å². The van der Waals surface area contributed by atoms with Crippen LogP contribution in [0, 0.1) is 36.5 Å². The smallest absolute Gasteiger partial charge is 0.343 e.